The van der Waals surface area contributed by atoms with Gasteiger partial charge in [0.2, 0.25) is 5.91 Å². The lowest BCUT2D eigenvalue weighted by molar-refractivity contribution is -0.130. The summed E-state index contributed by atoms with van der Waals surface area (Å²) in [5, 5.41) is 3.10. The van der Waals surface area contributed by atoms with Crippen molar-refractivity contribution in [2.75, 3.05) is 27.2 Å². The molecule has 0 aromatic heterocycles. The molecule has 19 heavy (non-hydrogen) atoms. The molecule has 1 unspecified atom stereocenters. The number of hydrogen-bond donors (Lipinski definition) is 1. The summed E-state index contributed by atoms with van der Waals surface area (Å²) in [4.78, 5) is 14.6. The van der Waals surface area contributed by atoms with Crippen molar-refractivity contribution >= 4 is 5.91 Å². The van der Waals surface area contributed by atoms with Gasteiger partial charge in [0, 0.05) is 19.0 Å². The van der Waals surface area contributed by atoms with Crippen molar-refractivity contribution in [2.45, 2.75) is 54.4 Å². The largest absolute Gasteiger partial charge is 0.355 e. The molecule has 0 rings (SSSR count). The molecule has 0 saturated carbocycles. The maximum absolute atomic E-state index is 12.5. The van der Waals surface area contributed by atoms with Gasteiger partial charge in [0.25, 0.3) is 0 Å². The molecule has 1 amide bonds. The van der Waals surface area contributed by atoms with Crippen molar-refractivity contribution in [1.29, 1.82) is 0 Å². The Labute approximate surface area is 120 Å². The lowest BCUT2D eigenvalue weighted by atomic mass is 9.69. The summed E-state index contributed by atoms with van der Waals surface area (Å²) in [7, 11) is 4.05. The van der Waals surface area contributed by atoms with Crippen molar-refractivity contribution in [3.8, 4) is 0 Å². The summed E-state index contributed by atoms with van der Waals surface area (Å²) in [6.45, 7) is 14.8. The second kappa shape index (κ2) is 7.28. The Morgan fingerprint density at radius 2 is 1.68 bits per heavy atom. The Balaban J connectivity index is 4.70. The maximum atomic E-state index is 12.5. The summed E-state index contributed by atoms with van der Waals surface area (Å²) in [5.41, 5.74) is 0.228. The van der Waals surface area contributed by atoms with Gasteiger partial charge in [-0.05, 0) is 31.3 Å². The van der Waals surface area contributed by atoms with Crippen molar-refractivity contribution in [2.24, 2.45) is 16.7 Å². The van der Waals surface area contributed by atoms with E-state index in [9.17, 15) is 4.79 Å². The molecule has 0 aromatic carbocycles. The van der Waals surface area contributed by atoms with Gasteiger partial charge in [0.1, 0.15) is 0 Å². The monoisotopic (exact) mass is 270 g/mol. The highest BCUT2D eigenvalue weighted by molar-refractivity contribution is 5.79. The van der Waals surface area contributed by atoms with E-state index in [1.807, 2.05) is 14.1 Å². The summed E-state index contributed by atoms with van der Waals surface area (Å²) in [6, 6.07) is 0. The van der Waals surface area contributed by atoms with Gasteiger partial charge in [0.05, 0.1) is 0 Å². The first-order chi connectivity index (χ1) is 8.49. The van der Waals surface area contributed by atoms with Crippen LogP contribution in [0.25, 0.3) is 0 Å². The molecule has 1 atom stereocenters. The number of rotatable bonds is 7. The normalized spacial score (nSPS) is 14.6. The van der Waals surface area contributed by atoms with Crippen LogP contribution >= 0.6 is 0 Å². The van der Waals surface area contributed by atoms with Crippen LogP contribution in [-0.2, 0) is 4.79 Å². The highest BCUT2D eigenvalue weighted by Crippen LogP contribution is 2.38. The van der Waals surface area contributed by atoms with Crippen molar-refractivity contribution < 1.29 is 4.79 Å². The zero-order valence-corrected chi connectivity index (χ0v) is 14.3. The zero-order valence-electron chi connectivity index (χ0n) is 14.3. The minimum atomic E-state index is 0.0511. The highest BCUT2D eigenvalue weighted by atomic mass is 16.1. The second-order valence-corrected chi connectivity index (χ2v) is 7.75. The average molecular weight is 270 g/mol. The van der Waals surface area contributed by atoms with Crippen molar-refractivity contribution in [3.63, 3.8) is 0 Å². The number of nitrogens with zero attached hydrogens (tertiary/aromatic N) is 1. The average Bonchev–Trinajstić information content (AvgIpc) is 2.23. The van der Waals surface area contributed by atoms with Gasteiger partial charge < -0.3 is 10.2 Å². The predicted molar refractivity (Wildman–Crippen MR) is 83.2 cm³/mol. The van der Waals surface area contributed by atoms with Gasteiger partial charge in [-0.25, -0.2) is 0 Å². The molecule has 0 bridgehead atoms. The Hall–Kier alpha value is -0.570. The van der Waals surface area contributed by atoms with Crippen LogP contribution in [-0.4, -0.2) is 38.0 Å². The first-order valence-corrected chi connectivity index (χ1v) is 7.42. The summed E-state index contributed by atoms with van der Waals surface area (Å²) >= 11 is 0. The zero-order chi connectivity index (χ0) is 15.3. The standard InChI is InChI=1S/C16H34N2O/c1-9-16(5,6)13(12-15(2,3)4)14(19)17-10-11-18(7)8/h13H,9-12H2,1-8H3,(H,17,19). The van der Waals surface area contributed by atoms with E-state index in [1.54, 1.807) is 0 Å². The first kappa shape index (κ1) is 18.4. The molecule has 0 radical (unpaired) electrons. The molecule has 0 heterocycles. The van der Waals surface area contributed by atoms with E-state index in [4.69, 9.17) is 0 Å². The minimum Gasteiger partial charge on any atom is -0.355 e. The molecule has 0 saturated heterocycles. The predicted octanol–water partition coefficient (Wildman–Crippen LogP) is 3.15. The molecular formula is C16H34N2O. The van der Waals surface area contributed by atoms with Crippen LogP contribution < -0.4 is 5.32 Å². The topological polar surface area (TPSA) is 32.3 Å². The van der Waals surface area contributed by atoms with E-state index in [2.05, 4.69) is 51.8 Å². The van der Waals surface area contributed by atoms with Crippen molar-refractivity contribution in [3.05, 3.63) is 0 Å². The number of nitrogens with one attached hydrogen (secondary N) is 1. The first-order valence-electron chi connectivity index (χ1n) is 7.42. The van der Waals surface area contributed by atoms with Crippen LogP contribution in [0.15, 0.2) is 0 Å². The molecule has 3 nitrogen and oxygen atoms in total. The quantitative estimate of drug-likeness (QED) is 0.771. The summed E-state index contributed by atoms with van der Waals surface area (Å²) < 4.78 is 0. The Morgan fingerprint density at radius 3 is 2.05 bits per heavy atom. The molecule has 114 valence electrons. The Bertz CT molecular complexity index is 277. The lowest BCUT2D eigenvalue weighted by Crippen LogP contribution is -2.42. The molecule has 0 aliphatic heterocycles. The van der Waals surface area contributed by atoms with Gasteiger partial charge in [-0.3, -0.25) is 4.79 Å². The molecule has 0 fully saturated rings. The van der Waals surface area contributed by atoms with Gasteiger partial charge in [0.15, 0.2) is 0 Å². The molecule has 1 N–H and O–H groups in total. The van der Waals surface area contributed by atoms with Crippen molar-refractivity contribution in [1.82, 2.24) is 10.2 Å². The summed E-state index contributed by atoms with van der Waals surface area (Å²) in [6.07, 6.45) is 1.95. The summed E-state index contributed by atoms with van der Waals surface area (Å²) in [5.74, 6) is 0.295. The van der Waals surface area contributed by atoms with Crippen LogP contribution in [0.3, 0.4) is 0 Å². The Kier molecular flexibility index (Phi) is 7.06. The fourth-order valence-corrected chi connectivity index (χ4v) is 2.11. The number of likely N-dealkylation sites (N-methyl/N-ethyl adjacent to an activating group) is 1. The number of carbonyl (C=O) groups excluding carboxylic acids is 1. The Morgan fingerprint density at radius 1 is 1.16 bits per heavy atom. The second-order valence-electron chi connectivity index (χ2n) is 7.75. The lowest BCUT2D eigenvalue weighted by Gasteiger charge is -2.36. The molecular weight excluding hydrogens is 236 g/mol. The van der Waals surface area contributed by atoms with E-state index in [1.165, 1.54) is 0 Å². The highest BCUT2D eigenvalue weighted by Gasteiger charge is 2.36. The molecule has 0 aliphatic carbocycles. The number of amides is 1. The minimum absolute atomic E-state index is 0.0511. The number of carbonyl (C=O) groups is 1. The van der Waals surface area contributed by atoms with Crippen LogP contribution in [0.2, 0.25) is 0 Å². The van der Waals surface area contributed by atoms with Gasteiger partial charge in [-0.2, -0.15) is 0 Å². The van der Waals surface area contributed by atoms with E-state index >= 15 is 0 Å². The van der Waals surface area contributed by atoms with E-state index in [-0.39, 0.29) is 22.7 Å². The third kappa shape index (κ3) is 7.56. The maximum Gasteiger partial charge on any atom is 0.223 e. The molecule has 0 aliphatic rings. The molecule has 3 heteroatoms. The fraction of sp³-hybridized carbons (Fsp3) is 0.938. The number of hydrogen-bond acceptors (Lipinski definition) is 2. The fourth-order valence-electron chi connectivity index (χ4n) is 2.11. The SMILES string of the molecule is CCC(C)(C)C(CC(C)(C)C)C(=O)NCCN(C)C. The smallest absolute Gasteiger partial charge is 0.223 e. The van der Waals surface area contributed by atoms with E-state index in [0.29, 0.717) is 0 Å². The molecule has 0 spiro atoms. The van der Waals surface area contributed by atoms with Crippen LogP contribution in [0, 0.1) is 16.7 Å². The van der Waals surface area contributed by atoms with Gasteiger partial charge in [-0.15, -0.1) is 0 Å². The third-order valence-corrected chi connectivity index (χ3v) is 3.85. The molecule has 0 aromatic rings. The third-order valence-electron chi connectivity index (χ3n) is 3.85. The van der Waals surface area contributed by atoms with E-state index in [0.717, 1.165) is 25.9 Å². The van der Waals surface area contributed by atoms with Crippen LogP contribution in [0.1, 0.15) is 54.4 Å². The van der Waals surface area contributed by atoms with Crippen LogP contribution in [0.5, 0.6) is 0 Å². The van der Waals surface area contributed by atoms with Gasteiger partial charge >= 0.3 is 0 Å². The van der Waals surface area contributed by atoms with E-state index < -0.39 is 0 Å². The van der Waals surface area contributed by atoms with Gasteiger partial charge in [-0.1, -0.05) is 48.0 Å². The van der Waals surface area contributed by atoms with Crippen LogP contribution in [0.4, 0.5) is 0 Å².